The standard InChI is InChI=1S/C19H16F2N2O4S/c1-23(11-12-4-6-13(7-5-12)27-19(20)21)18(25)15-8-9-16(28-15)22-17(24)14-3-2-10-26-14/h2-10,19H,11H2,1H3,(H,22,24). The zero-order valence-corrected chi connectivity index (χ0v) is 15.5. The molecule has 0 spiro atoms. The number of carbonyl (C=O) groups excluding carboxylic acids is 2. The first-order valence-electron chi connectivity index (χ1n) is 8.16. The number of nitrogens with one attached hydrogen (secondary N) is 1. The van der Waals surface area contributed by atoms with Crippen LogP contribution in [0.3, 0.4) is 0 Å². The second-order valence-corrected chi connectivity index (χ2v) is 6.86. The predicted octanol–water partition coefficient (Wildman–Crippen LogP) is 4.47. The molecule has 0 atom stereocenters. The normalized spacial score (nSPS) is 10.7. The van der Waals surface area contributed by atoms with Crippen LogP contribution in [0.15, 0.2) is 59.2 Å². The van der Waals surface area contributed by atoms with Crippen LogP contribution in [0, 0.1) is 0 Å². The van der Waals surface area contributed by atoms with E-state index in [1.54, 1.807) is 43.4 Å². The molecule has 0 saturated carbocycles. The number of furan rings is 1. The number of thiophene rings is 1. The number of carbonyl (C=O) groups is 2. The summed E-state index contributed by atoms with van der Waals surface area (Å²) >= 11 is 1.15. The molecule has 2 heterocycles. The number of nitrogens with zero attached hydrogens (tertiary/aromatic N) is 1. The van der Waals surface area contributed by atoms with Crippen LogP contribution in [0.2, 0.25) is 0 Å². The number of halogens is 2. The molecule has 2 aromatic heterocycles. The van der Waals surface area contributed by atoms with E-state index in [4.69, 9.17) is 4.42 Å². The lowest BCUT2D eigenvalue weighted by Crippen LogP contribution is -2.25. The molecular formula is C19H16F2N2O4S. The summed E-state index contributed by atoms with van der Waals surface area (Å²) in [5.41, 5.74) is 0.764. The van der Waals surface area contributed by atoms with Gasteiger partial charge < -0.3 is 19.4 Å². The predicted molar refractivity (Wildman–Crippen MR) is 99.9 cm³/mol. The monoisotopic (exact) mass is 406 g/mol. The minimum Gasteiger partial charge on any atom is -0.459 e. The third-order valence-electron chi connectivity index (χ3n) is 3.71. The fourth-order valence-corrected chi connectivity index (χ4v) is 3.31. The first-order valence-corrected chi connectivity index (χ1v) is 8.98. The fraction of sp³-hybridized carbons (Fsp3) is 0.158. The minimum absolute atomic E-state index is 0.0583. The zero-order valence-electron chi connectivity index (χ0n) is 14.7. The van der Waals surface area contributed by atoms with E-state index < -0.39 is 12.5 Å². The third-order valence-corrected chi connectivity index (χ3v) is 4.70. The van der Waals surface area contributed by atoms with Gasteiger partial charge in [-0.25, -0.2) is 0 Å². The zero-order chi connectivity index (χ0) is 20.1. The van der Waals surface area contributed by atoms with Crippen molar-refractivity contribution in [3.05, 3.63) is 71.0 Å². The Kier molecular flexibility index (Phi) is 6.05. The Bertz CT molecular complexity index is 939. The van der Waals surface area contributed by atoms with E-state index in [1.807, 2.05) is 0 Å². The first-order chi connectivity index (χ1) is 13.4. The summed E-state index contributed by atoms with van der Waals surface area (Å²) in [5, 5.41) is 3.19. The molecule has 3 rings (SSSR count). The Labute approximate surface area is 163 Å². The Morgan fingerprint density at radius 2 is 1.93 bits per heavy atom. The summed E-state index contributed by atoms with van der Waals surface area (Å²) in [6, 6.07) is 12.5. The molecule has 2 amide bonds. The molecule has 146 valence electrons. The second-order valence-electron chi connectivity index (χ2n) is 5.78. The summed E-state index contributed by atoms with van der Waals surface area (Å²) in [6.45, 7) is -2.59. The average molecular weight is 406 g/mol. The van der Waals surface area contributed by atoms with Crippen molar-refractivity contribution in [2.75, 3.05) is 12.4 Å². The Balaban J connectivity index is 1.59. The maximum absolute atomic E-state index is 12.6. The molecular weight excluding hydrogens is 390 g/mol. The number of amides is 2. The van der Waals surface area contributed by atoms with E-state index >= 15 is 0 Å². The molecule has 3 aromatic rings. The lowest BCUT2D eigenvalue weighted by molar-refractivity contribution is -0.0498. The number of hydrogen-bond acceptors (Lipinski definition) is 5. The van der Waals surface area contributed by atoms with Crippen LogP contribution in [0.4, 0.5) is 13.8 Å². The first kappa shape index (κ1) is 19.6. The number of rotatable bonds is 7. The van der Waals surface area contributed by atoms with Crippen molar-refractivity contribution in [1.82, 2.24) is 4.90 Å². The van der Waals surface area contributed by atoms with Gasteiger partial charge in [0.05, 0.1) is 16.1 Å². The summed E-state index contributed by atoms with van der Waals surface area (Å²) < 4.78 is 33.7. The number of hydrogen-bond donors (Lipinski definition) is 1. The summed E-state index contributed by atoms with van der Waals surface area (Å²) in [7, 11) is 1.63. The number of anilines is 1. The van der Waals surface area contributed by atoms with Crippen molar-refractivity contribution >= 4 is 28.2 Å². The van der Waals surface area contributed by atoms with E-state index in [0.717, 1.165) is 16.9 Å². The van der Waals surface area contributed by atoms with Crippen LogP contribution in [0.25, 0.3) is 0 Å². The van der Waals surface area contributed by atoms with Crippen molar-refractivity contribution in [3.63, 3.8) is 0 Å². The van der Waals surface area contributed by atoms with Crippen molar-refractivity contribution in [2.24, 2.45) is 0 Å². The molecule has 0 fully saturated rings. The van der Waals surface area contributed by atoms with Gasteiger partial charge in [0.25, 0.3) is 11.8 Å². The maximum Gasteiger partial charge on any atom is 0.387 e. The molecule has 0 saturated heterocycles. The van der Waals surface area contributed by atoms with Crippen molar-refractivity contribution in [1.29, 1.82) is 0 Å². The number of benzene rings is 1. The van der Waals surface area contributed by atoms with Gasteiger partial charge in [0.1, 0.15) is 5.75 Å². The molecule has 0 aliphatic carbocycles. The lowest BCUT2D eigenvalue weighted by Gasteiger charge is -2.16. The summed E-state index contributed by atoms with van der Waals surface area (Å²) in [6.07, 6.45) is 1.40. The van der Waals surface area contributed by atoms with Gasteiger partial charge in [-0.05, 0) is 42.0 Å². The highest BCUT2D eigenvalue weighted by Crippen LogP contribution is 2.24. The highest BCUT2D eigenvalue weighted by Gasteiger charge is 2.17. The van der Waals surface area contributed by atoms with Crippen LogP contribution in [-0.4, -0.2) is 30.4 Å². The summed E-state index contributed by atoms with van der Waals surface area (Å²) in [4.78, 5) is 26.5. The Morgan fingerprint density at radius 1 is 1.18 bits per heavy atom. The molecule has 1 aromatic carbocycles. The van der Waals surface area contributed by atoms with Gasteiger partial charge in [-0.3, -0.25) is 9.59 Å². The Hall–Kier alpha value is -3.20. The van der Waals surface area contributed by atoms with Crippen LogP contribution >= 0.6 is 11.3 Å². The number of ether oxygens (including phenoxy) is 1. The van der Waals surface area contributed by atoms with Crippen LogP contribution in [-0.2, 0) is 6.54 Å². The molecule has 0 radical (unpaired) electrons. The van der Waals surface area contributed by atoms with Gasteiger partial charge in [-0.15, -0.1) is 11.3 Å². The minimum atomic E-state index is -2.88. The highest BCUT2D eigenvalue weighted by atomic mass is 32.1. The quantitative estimate of drug-likeness (QED) is 0.629. The molecule has 9 heteroatoms. The molecule has 0 unspecified atom stereocenters. The van der Waals surface area contributed by atoms with Gasteiger partial charge in [0, 0.05) is 13.6 Å². The van der Waals surface area contributed by atoms with E-state index in [-0.39, 0.29) is 17.4 Å². The van der Waals surface area contributed by atoms with Gasteiger partial charge >= 0.3 is 6.61 Å². The number of alkyl halides is 2. The van der Waals surface area contributed by atoms with Gasteiger partial charge in [-0.1, -0.05) is 12.1 Å². The smallest absolute Gasteiger partial charge is 0.387 e. The van der Waals surface area contributed by atoms with E-state index in [9.17, 15) is 18.4 Å². The van der Waals surface area contributed by atoms with Crippen molar-refractivity contribution < 1.29 is 27.5 Å². The van der Waals surface area contributed by atoms with Crippen LogP contribution < -0.4 is 10.1 Å². The largest absolute Gasteiger partial charge is 0.459 e. The van der Waals surface area contributed by atoms with E-state index in [2.05, 4.69) is 10.1 Å². The molecule has 1 N–H and O–H groups in total. The van der Waals surface area contributed by atoms with Crippen LogP contribution in [0.5, 0.6) is 5.75 Å². The topological polar surface area (TPSA) is 71.8 Å². The lowest BCUT2D eigenvalue weighted by atomic mass is 10.2. The van der Waals surface area contributed by atoms with Crippen LogP contribution in [0.1, 0.15) is 25.8 Å². The fourth-order valence-electron chi connectivity index (χ4n) is 2.41. The maximum atomic E-state index is 12.6. The molecule has 0 aliphatic heterocycles. The Morgan fingerprint density at radius 3 is 2.57 bits per heavy atom. The SMILES string of the molecule is CN(Cc1ccc(OC(F)F)cc1)C(=O)c1ccc(NC(=O)c2ccco2)s1. The third kappa shape index (κ3) is 4.95. The van der Waals surface area contributed by atoms with Gasteiger partial charge in [0.2, 0.25) is 0 Å². The second kappa shape index (κ2) is 8.66. The highest BCUT2D eigenvalue weighted by molar-refractivity contribution is 7.18. The average Bonchev–Trinajstić information content (AvgIpc) is 3.34. The molecule has 0 bridgehead atoms. The molecule has 0 aliphatic rings. The molecule has 28 heavy (non-hydrogen) atoms. The summed E-state index contributed by atoms with van der Waals surface area (Å²) in [5.74, 6) is -0.387. The van der Waals surface area contributed by atoms with Gasteiger partial charge in [0.15, 0.2) is 5.76 Å². The van der Waals surface area contributed by atoms with E-state index in [0.29, 0.717) is 16.4 Å². The van der Waals surface area contributed by atoms with Crippen molar-refractivity contribution in [3.8, 4) is 5.75 Å². The van der Waals surface area contributed by atoms with E-state index in [1.165, 1.54) is 23.3 Å². The van der Waals surface area contributed by atoms with Crippen molar-refractivity contribution in [2.45, 2.75) is 13.2 Å². The van der Waals surface area contributed by atoms with Gasteiger partial charge in [-0.2, -0.15) is 8.78 Å². The molecule has 6 nitrogen and oxygen atoms in total.